The van der Waals surface area contributed by atoms with Gasteiger partial charge in [-0.05, 0) is 25.8 Å². The van der Waals surface area contributed by atoms with Crippen molar-refractivity contribution >= 4 is 11.9 Å². The van der Waals surface area contributed by atoms with Crippen LogP contribution in [0.15, 0.2) is 24.3 Å². The third-order valence-electron chi connectivity index (χ3n) is 3.91. The van der Waals surface area contributed by atoms with Gasteiger partial charge < -0.3 is 10.0 Å². The summed E-state index contributed by atoms with van der Waals surface area (Å²) in [5.41, 5.74) is 2.24. The van der Waals surface area contributed by atoms with E-state index in [4.69, 9.17) is 5.11 Å². The molecule has 2 rings (SSSR count). The molecule has 3 unspecified atom stereocenters. The van der Waals surface area contributed by atoms with Gasteiger partial charge in [0.15, 0.2) is 0 Å². The molecule has 1 aromatic carbocycles. The van der Waals surface area contributed by atoms with Crippen LogP contribution in [0.1, 0.15) is 30.5 Å². The van der Waals surface area contributed by atoms with E-state index in [9.17, 15) is 9.59 Å². The first-order chi connectivity index (χ1) is 8.91. The fourth-order valence-electron chi connectivity index (χ4n) is 2.26. The second-order valence-corrected chi connectivity index (χ2v) is 5.32. The van der Waals surface area contributed by atoms with Crippen molar-refractivity contribution in [2.24, 2.45) is 11.8 Å². The summed E-state index contributed by atoms with van der Waals surface area (Å²) >= 11 is 0. The second-order valence-electron chi connectivity index (χ2n) is 5.32. The van der Waals surface area contributed by atoms with Crippen molar-refractivity contribution in [1.29, 1.82) is 0 Å². The van der Waals surface area contributed by atoms with E-state index in [1.807, 2.05) is 38.1 Å². The lowest BCUT2D eigenvalue weighted by molar-refractivity contribution is -0.142. The Kier molecular flexibility index (Phi) is 3.60. The van der Waals surface area contributed by atoms with Gasteiger partial charge in [0.25, 0.3) is 0 Å². The van der Waals surface area contributed by atoms with Gasteiger partial charge in [-0.25, -0.2) is 0 Å². The van der Waals surface area contributed by atoms with E-state index in [0.717, 1.165) is 5.56 Å². The van der Waals surface area contributed by atoms with Gasteiger partial charge in [-0.2, -0.15) is 0 Å². The quantitative estimate of drug-likeness (QED) is 0.904. The van der Waals surface area contributed by atoms with Gasteiger partial charge in [0.1, 0.15) is 0 Å². The normalized spacial score (nSPS) is 22.7. The van der Waals surface area contributed by atoms with E-state index in [1.54, 1.807) is 11.9 Å². The molecule has 0 saturated heterocycles. The van der Waals surface area contributed by atoms with E-state index in [-0.39, 0.29) is 17.9 Å². The average molecular weight is 261 g/mol. The van der Waals surface area contributed by atoms with Crippen molar-refractivity contribution in [2.75, 3.05) is 7.05 Å². The van der Waals surface area contributed by atoms with Gasteiger partial charge in [-0.15, -0.1) is 0 Å². The molecule has 3 atom stereocenters. The van der Waals surface area contributed by atoms with E-state index in [1.165, 1.54) is 5.56 Å². The molecule has 4 heteroatoms. The van der Waals surface area contributed by atoms with Crippen LogP contribution in [0.2, 0.25) is 0 Å². The number of rotatable bonds is 4. The Morgan fingerprint density at radius 1 is 1.26 bits per heavy atom. The minimum absolute atomic E-state index is 0.0388. The van der Waals surface area contributed by atoms with E-state index >= 15 is 0 Å². The number of carbonyl (C=O) groups excluding carboxylic acids is 1. The Balaban J connectivity index is 2.03. The van der Waals surface area contributed by atoms with Crippen LogP contribution in [0.4, 0.5) is 0 Å². The third-order valence-corrected chi connectivity index (χ3v) is 3.91. The van der Waals surface area contributed by atoms with E-state index < -0.39 is 11.9 Å². The Morgan fingerprint density at radius 3 is 2.32 bits per heavy atom. The summed E-state index contributed by atoms with van der Waals surface area (Å²) in [6.07, 6.45) is 0.471. The standard InChI is InChI=1S/C15H19NO3/c1-9-4-6-11(7-5-9)10(2)16(3)14(17)12-8-13(12)15(18)19/h4-7,10,12-13H,8H2,1-3H3,(H,18,19). The molecule has 1 fully saturated rings. The Labute approximate surface area is 113 Å². The number of aliphatic carboxylic acids is 1. The van der Waals surface area contributed by atoms with Crippen molar-refractivity contribution in [3.05, 3.63) is 35.4 Å². The molecule has 1 aromatic rings. The Hall–Kier alpha value is -1.84. The van der Waals surface area contributed by atoms with E-state index in [0.29, 0.717) is 6.42 Å². The lowest BCUT2D eigenvalue weighted by atomic mass is 10.1. The summed E-state index contributed by atoms with van der Waals surface area (Å²) in [6, 6.07) is 8.00. The van der Waals surface area contributed by atoms with Crippen molar-refractivity contribution in [3.8, 4) is 0 Å². The molecular formula is C15H19NO3. The van der Waals surface area contributed by atoms with Crippen LogP contribution in [0, 0.1) is 18.8 Å². The molecule has 1 amide bonds. The van der Waals surface area contributed by atoms with Crippen molar-refractivity contribution in [1.82, 2.24) is 4.90 Å². The highest BCUT2D eigenvalue weighted by Crippen LogP contribution is 2.41. The first-order valence-electron chi connectivity index (χ1n) is 6.48. The first-order valence-corrected chi connectivity index (χ1v) is 6.48. The largest absolute Gasteiger partial charge is 0.481 e. The summed E-state index contributed by atoms with van der Waals surface area (Å²) in [5, 5.41) is 8.87. The number of carboxylic acids is 1. The number of benzene rings is 1. The maximum atomic E-state index is 12.2. The highest BCUT2D eigenvalue weighted by atomic mass is 16.4. The highest BCUT2D eigenvalue weighted by molar-refractivity contribution is 5.89. The number of hydrogen-bond donors (Lipinski definition) is 1. The maximum absolute atomic E-state index is 12.2. The molecule has 0 heterocycles. The van der Waals surface area contributed by atoms with Gasteiger partial charge in [-0.1, -0.05) is 29.8 Å². The van der Waals surface area contributed by atoms with E-state index in [2.05, 4.69) is 0 Å². The van der Waals surface area contributed by atoms with Crippen LogP contribution >= 0.6 is 0 Å². The zero-order chi connectivity index (χ0) is 14.2. The summed E-state index contributed by atoms with van der Waals surface area (Å²) in [5.74, 6) is -1.76. The van der Waals surface area contributed by atoms with Gasteiger partial charge in [0.2, 0.25) is 5.91 Å². The molecule has 0 aromatic heterocycles. The minimum Gasteiger partial charge on any atom is -0.481 e. The van der Waals surface area contributed by atoms with Crippen LogP contribution in [-0.4, -0.2) is 28.9 Å². The predicted molar refractivity (Wildman–Crippen MR) is 71.6 cm³/mol. The molecule has 1 aliphatic carbocycles. The molecule has 1 N–H and O–H groups in total. The van der Waals surface area contributed by atoms with Crippen LogP contribution in [0.25, 0.3) is 0 Å². The molecule has 1 aliphatic rings. The fourth-order valence-corrected chi connectivity index (χ4v) is 2.26. The number of nitrogens with zero attached hydrogens (tertiary/aromatic N) is 1. The van der Waals surface area contributed by atoms with Crippen LogP contribution < -0.4 is 0 Å². The summed E-state index contributed by atoms with van der Waals surface area (Å²) in [6.45, 7) is 3.98. The zero-order valence-corrected chi connectivity index (χ0v) is 11.5. The molecule has 4 nitrogen and oxygen atoms in total. The maximum Gasteiger partial charge on any atom is 0.307 e. The number of hydrogen-bond acceptors (Lipinski definition) is 2. The average Bonchev–Trinajstić information content (AvgIpc) is 3.17. The second kappa shape index (κ2) is 5.03. The molecule has 102 valence electrons. The van der Waals surface area contributed by atoms with Gasteiger partial charge in [-0.3, -0.25) is 9.59 Å². The predicted octanol–water partition coefficient (Wildman–Crippen LogP) is 2.24. The number of carboxylic acid groups (broad SMARTS) is 1. The Bertz CT molecular complexity index is 495. The molecule has 1 saturated carbocycles. The van der Waals surface area contributed by atoms with Crippen molar-refractivity contribution in [2.45, 2.75) is 26.3 Å². The van der Waals surface area contributed by atoms with Gasteiger partial charge >= 0.3 is 5.97 Å². The summed E-state index contributed by atoms with van der Waals surface area (Å²) in [7, 11) is 1.74. The topological polar surface area (TPSA) is 57.6 Å². The van der Waals surface area contributed by atoms with Gasteiger partial charge in [0, 0.05) is 7.05 Å². The molecule has 0 spiro atoms. The van der Waals surface area contributed by atoms with Crippen LogP contribution in [0.3, 0.4) is 0 Å². The first kappa shape index (κ1) is 13.6. The summed E-state index contributed by atoms with van der Waals surface area (Å²) < 4.78 is 0. The smallest absolute Gasteiger partial charge is 0.307 e. The van der Waals surface area contributed by atoms with Crippen LogP contribution in [0.5, 0.6) is 0 Å². The molecule has 0 bridgehead atoms. The van der Waals surface area contributed by atoms with Crippen molar-refractivity contribution in [3.63, 3.8) is 0 Å². The lowest BCUT2D eigenvalue weighted by Gasteiger charge is -2.25. The number of carbonyl (C=O) groups is 2. The Morgan fingerprint density at radius 2 is 1.84 bits per heavy atom. The lowest BCUT2D eigenvalue weighted by Crippen LogP contribution is -2.31. The number of amides is 1. The highest BCUT2D eigenvalue weighted by Gasteiger charge is 2.49. The fraction of sp³-hybridized carbons (Fsp3) is 0.467. The van der Waals surface area contributed by atoms with Crippen LogP contribution in [-0.2, 0) is 9.59 Å². The minimum atomic E-state index is -0.866. The van der Waals surface area contributed by atoms with Gasteiger partial charge in [0.05, 0.1) is 17.9 Å². The molecular weight excluding hydrogens is 242 g/mol. The molecule has 0 aliphatic heterocycles. The summed E-state index contributed by atoms with van der Waals surface area (Å²) in [4.78, 5) is 24.6. The van der Waals surface area contributed by atoms with Crippen molar-refractivity contribution < 1.29 is 14.7 Å². The molecule has 0 radical (unpaired) electrons. The SMILES string of the molecule is Cc1ccc(C(C)N(C)C(=O)C2CC2C(=O)O)cc1. The number of aryl methyl sites for hydroxylation is 1. The zero-order valence-electron chi connectivity index (χ0n) is 11.5. The third kappa shape index (κ3) is 2.78. The monoisotopic (exact) mass is 261 g/mol. The molecule has 19 heavy (non-hydrogen) atoms.